The lowest BCUT2D eigenvalue weighted by Gasteiger charge is -2.08. The molecule has 0 bridgehead atoms. The normalized spacial score (nSPS) is 11.3. The predicted octanol–water partition coefficient (Wildman–Crippen LogP) is 1.40. The van der Waals surface area contributed by atoms with Crippen molar-refractivity contribution in [2.45, 2.75) is 33.5 Å². The second-order valence-corrected chi connectivity index (χ2v) is 7.29. The molecule has 3 aromatic rings. The van der Waals surface area contributed by atoms with E-state index in [-0.39, 0.29) is 0 Å². The van der Waals surface area contributed by atoms with Gasteiger partial charge < -0.3 is 10.2 Å². The molecule has 4 nitrogen and oxygen atoms in total. The van der Waals surface area contributed by atoms with Crippen molar-refractivity contribution in [2.75, 3.05) is 14.1 Å². The van der Waals surface area contributed by atoms with Gasteiger partial charge in [-0.2, -0.15) is 5.10 Å². The van der Waals surface area contributed by atoms with E-state index in [0.717, 1.165) is 31.0 Å². The standard InChI is InChI=1S/C22H28N4/c1-17-22(18(2)26(24-17)21-8-6-5-7-9-21)15-23-14-19-10-12-20(13-11-19)16-25(3)4/h5-13,23H,14-16H2,1-4H3/p+2. The van der Waals surface area contributed by atoms with Crippen LogP contribution in [0, 0.1) is 13.8 Å². The number of benzene rings is 2. The fourth-order valence-electron chi connectivity index (χ4n) is 3.38. The Kier molecular flexibility index (Phi) is 5.86. The smallest absolute Gasteiger partial charge is 0.105 e. The van der Waals surface area contributed by atoms with Gasteiger partial charge in [0.1, 0.15) is 19.6 Å². The van der Waals surface area contributed by atoms with Crippen LogP contribution in [0.4, 0.5) is 0 Å². The SMILES string of the molecule is Cc1nn(-c2ccccc2)c(C)c1C[NH2+]Cc1ccc(C[NH+](C)C)cc1. The summed E-state index contributed by atoms with van der Waals surface area (Å²) in [7, 11) is 4.37. The van der Waals surface area contributed by atoms with Gasteiger partial charge in [-0.05, 0) is 26.0 Å². The first kappa shape index (κ1) is 18.4. The first-order valence-electron chi connectivity index (χ1n) is 9.33. The van der Waals surface area contributed by atoms with E-state index in [1.165, 1.54) is 27.3 Å². The van der Waals surface area contributed by atoms with E-state index in [4.69, 9.17) is 5.10 Å². The van der Waals surface area contributed by atoms with Crippen molar-refractivity contribution >= 4 is 0 Å². The summed E-state index contributed by atoms with van der Waals surface area (Å²) in [5, 5.41) is 7.10. The molecule has 0 fully saturated rings. The summed E-state index contributed by atoms with van der Waals surface area (Å²) in [5.74, 6) is 0. The van der Waals surface area contributed by atoms with Crippen LogP contribution >= 0.6 is 0 Å². The van der Waals surface area contributed by atoms with Crippen molar-refractivity contribution in [1.29, 1.82) is 0 Å². The molecule has 3 N–H and O–H groups in total. The second kappa shape index (κ2) is 8.30. The summed E-state index contributed by atoms with van der Waals surface area (Å²) in [5.41, 5.74) is 7.57. The highest BCUT2D eigenvalue weighted by molar-refractivity contribution is 5.36. The van der Waals surface area contributed by atoms with Crippen LogP contribution in [0.15, 0.2) is 54.6 Å². The Morgan fingerprint density at radius 2 is 1.54 bits per heavy atom. The van der Waals surface area contributed by atoms with E-state index < -0.39 is 0 Å². The third-order valence-corrected chi connectivity index (χ3v) is 4.75. The first-order valence-corrected chi connectivity index (χ1v) is 9.33. The van der Waals surface area contributed by atoms with Crippen molar-refractivity contribution in [2.24, 2.45) is 0 Å². The van der Waals surface area contributed by atoms with E-state index in [1.807, 2.05) is 6.07 Å². The van der Waals surface area contributed by atoms with Gasteiger partial charge in [0.25, 0.3) is 0 Å². The van der Waals surface area contributed by atoms with E-state index in [1.54, 1.807) is 0 Å². The van der Waals surface area contributed by atoms with Gasteiger partial charge in [0.2, 0.25) is 0 Å². The number of aromatic nitrogens is 2. The molecular formula is C22H30N4+2. The average molecular weight is 351 g/mol. The summed E-state index contributed by atoms with van der Waals surface area (Å²) >= 11 is 0. The lowest BCUT2D eigenvalue weighted by atomic mass is 10.1. The van der Waals surface area contributed by atoms with Gasteiger partial charge >= 0.3 is 0 Å². The fraction of sp³-hybridized carbons (Fsp3) is 0.318. The quantitative estimate of drug-likeness (QED) is 0.664. The molecule has 4 heteroatoms. The molecule has 0 saturated heterocycles. The number of quaternary nitrogens is 2. The number of nitrogens with two attached hydrogens (primary N) is 1. The molecule has 2 aromatic carbocycles. The Hall–Kier alpha value is -2.43. The minimum Gasteiger partial charge on any atom is -0.339 e. The Labute approximate surface area is 156 Å². The number of nitrogens with one attached hydrogen (secondary N) is 1. The molecule has 0 atom stereocenters. The number of aryl methyl sites for hydroxylation is 1. The van der Waals surface area contributed by atoms with Gasteiger partial charge in [-0.15, -0.1) is 0 Å². The van der Waals surface area contributed by atoms with Gasteiger partial charge in [0, 0.05) is 11.1 Å². The molecule has 0 unspecified atom stereocenters. The van der Waals surface area contributed by atoms with Crippen LogP contribution < -0.4 is 10.2 Å². The van der Waals surface area contributed by atoms with Crippen molar-refractivity contribution in [3.05, 3.63) is 82.7 Å². The highest BCUT2D eigenvalue weighted by atomic mass is 15.3. The molecular weight excluding hydrogens is 320 g/mol. The van der Waals surface area contributed by atoms with E-state index in [2.05, 4.69) is 86.5 Å². The third-order valence-electron chi connectivity index (χ3n) is 4.75. The number of hydrogen-bond acceptors (Lipinski definition) is 1. The van der Waals surface area contributed by atoms with Crippen molar-refractivity contribution in [3.8, 4) is 5.69 Å². The number of para-hydroxylation sites is 1. The topological polar surface area (TPSA) is 38.9 Å². The molecule has 136 valence electrons. The maximum Gasteiger partial charge on any atom is 0.105 e. The van der Waals surface area contributed by atoms with Crippen LogP contribution in [0.25, 0.3) is 5.69 Å². The monoisotopic (exact) mass is 350 g/mol. The van der Waals surface area contributed by atoms with Crippen LogP contribution in [0.1, 0.15) is 28.1 Å². The molecule has 0 aliphatic heterocycles. The summed E-state index contributed by atoms with van der Waals surface area (Å²) in [4.78, 5) is 1.45. The molecule has 0 amide bonds. The lowest BCUT2D eigenvalue weighted by molar-refractivity contribution is -0.872. The van der Waals surface area contributed by atoms with Gasteiger partial charge in [-0.3, -0.25) is 0 Å². The van der Waals surface area contributed by atoms with E-state index in [0.29, 0.717) is 0 Å². The summed E-state index contributed by atoms with van der Waals surface area (Å²) in [6, 6.07) is 19.4. The molecule has 1 aromatic heterocycles. The molecule has 26 heavy (non-hydrogen) atoms. The third kappa shape index (κ3) is 4.40. The van der Waals surface area contributed by atoms with Gasteiger partial charge in [-0.25, -0.2) is 4.68 Å². The molecule has 0 aliphatic carbocycles. The Balaban J connectivity index is 1.62. The lowest BCUT2D eigenvalue weighted by Crippen LogP contribution is -3.04. The van der Waals surface area contributed by atoms with E-state index >= 15 is 0 Å². The van der Waals surface area contributed by atoms with Crippen LogP contribution in [0.5, 0.6) is 0 Å². The van der Waals surface area contributed by atoms with Gasteiger partial charge in [0.05, 0.1) is 36.7 Å². The maximum absolute atomic E-state index is 4.74. The zero-order valence-electron chi connectivity index (χ0n) is 16.3. The maximum atomic E-state index is 4.74. The highest BCUT2D eigenvalue weighted by Gasteiger charge is 2.14. The second-order valence-electron chi connectivity index (χ2n) is 7.29. The summed E-state index contributed by atoms with van der Waals surface area (Å²) < 4.78 is 2.05. The van der Waals surface area contributed by atoms with Crippen molar-refractivity contribution in [1.82, 2.24) is 9.78 Å². The van der Waals surface area contributed by atoms with Crippen LogP contribution in [0.3, 0.4) is 0 Å². The van der Waals surface area contributed by atoms with Gasteiger partial charge in [0.15, 0.2) is 0 Å². The Bertz CT molecular complexity index is 833. The molecule has 3 rings (SSSR count). The van der Waals surface area contributed by atoms with E-state index in [9.17, 15) is 0 Å². The largest absolute Gasteiger partial charge is 0.339 e. The summed E-state index contributed by atoms with van der Waals surface area (Å²) in [6.45, 7) is 7.28. The number of hydrogen-bond donors (Lipinski definition) is 2. The Morgan fingerprint density at radius 3 is 2.19 bits per heavy atom. The molecule has 0 radical (unpaired) electrons. The average Bonchev–Trinajstić information content (AvgIpc) is 2.91. The van der Waals surface area contributed by atoms with Crippen molar-refractivity contribution in [3.63, 3.8) is 0 Å². The number of nitrogens with zero attached hydrogens (tertiary/aromatic N) is 2. The fourth-order valence-corrected chi connectivity index (χ4v) is 3.38. The molecule has 0 aliphatic rings. The minimum absolute atomic E-state index is 0.952. The highest BCUT2D eigenvalue weighted by Crippen LogP contribution is 2.16. The molecule has 0 saturated carbocycles. The first-order chi connectivity index (χ1) is 12.5. The van der Waals surface area contributed by atoms with Crippen LogP contribution in [-0.2, 0) is 19.6 Å². The predicted molar refractivity (Wildman–Crippen MR) is 105 cm³/mol. The summed E-state index contributed by atoms with van der Waals surface area (Å²) in [6.07, 6.45) is 0. The molecule has 0 spiro atoms. The van der Waals surface area contributed by atoms with Crippen molar-refractivity contribution < 1.29 is 10.2 Å². The van der Waals surface area contributed by atoms with Crippen LogP contribution in [0.2, 0.25) is 0 Å². The van der Waals surface area contributed by atoms with Gasteiger partial charge in [-0.1, -0.05) is 42.5 Å². The molecule has 1 heterocycles. The zero-order chi connectivity index (χ0) is 18.5. The minimum atomic E-state index is 0.952. The number of rotatable bonds is 7. The van der Waals surface area contributed by atoms with Crippen LogP contribution in [-0.4, -0.2) is 23.9 Å². The Morgan fingerprint density at radius 1 is 0.885 bits per heavy atom. The zero-order valence-corrected chi connectivity index (χ0v) is 16.3.